The Hall–Kier alpha value is -0.420. The van der Waals surface area contributed by atoms with Crippen LogP contribution in [-0.2, 0) is 4.74 Å². The number of ether oxygens (including phenoxy) is 1. The van der Waals surface area contributed by atoms with Crippen LogP contribution in [0.5, 0.6) is 0 Å². The third-order valence-corrected chi connectivity index (χ3v) is 4.49. The Morgan fingerprint density at radius 2 is 2.19 bits per heavy atom. The van der Waals surface area contributed by atoms with Gasteiger partial charge in [0.25, 0.3) is 0 Å². The van der Waals surface area contributed by atoms with Crippen LogP contribution in [0.2, 0.25) is 0 Å². The van der Waals surface area contributed by atoms with Gasteiger partial charge < -0.3 is 10.5 Å². The zero-order valence-electron chi connectivity index (χ0n) is 9.34. The lowest BCUT2D eigenvalue weighted by Gasteiger charge is -2.33. The number of likely N-dealkylation sites (tertiary alicyclic amines) is 1. The van der Waals surface area contributed by atoms with Gasteiger partial charge in [0, 0.05) is 24.5 Å². The van der Waals surface area contributed by atoms with E-state index in [1.807, 2.05) is 0 Å². The van der Waals surface area contributed by atoms with Gasteiger partial charge in [-0.2, -0.15) is 0 Å². The summed E-state index contributed by atoms with van der Waals surface area (Å²) < 4.78 is 5.82. The molecule has 3 rings (SSSR count). The minimum Gasteiger partial charge on any atom is -0.372 e. The van der Waals surface area contributed by atoms with Crippen molar-refractivity contribution in [1.29, 1.82) is 0 Å². The molecule has 2 aliphatic heterocycles. The largest absolute Gasteiger partial charge is 0.372 e. The summed E-state index contributed by atoms with van der Waals surface area (Å²) in [6, 6.07) is 4.37. The van der Waals surface area contributed by atoms with Gasteiger partial charge >= 0.3 is 0 Å². The highest BCUT2D eigenvalue weighted by atomic mass is 32.1. The minimum atomic E-state index is 0.164. The molecule has 88 valence electrons. The van der Waals surface area contributed by atoms with E-state index in [0.717, 1.165) is 19.6 Å². The van der Waals surface area contributed by atoms with Gasteiger partial charge in [0.15, 0.2) is 0 Å². The summed E-state index contributed by atoms with van der Waals surface area (Å²) in [7, 11) is 0. The summed E-state index contributed by atoms with van der Waals surface area (Å²) in [6.45, 7) is 3.10. The van der Waals surface area contributed by atoms with Gasteiger partial charge in [-0.25, -0.2) is 0 Å². The highest BCUT2D eigenvalue weighted by Crippen LogP contribution is 2.27. The Labute approximate surface area is 100 Å². The van der Waals surface area contributed by atoms with Crippen molar-refractivity contribution in [2.24, 2.45) is 5.73 Å². The number of nitrogens with zero attached hydrogens (tertiary/aromatic N) is 1. The van der Waals surface area contributed by atoms with Crippen LogP contribution in [0.3, 0.4) is 0 Å². The summed E-state index contributed by atoms with van der Waals surface area (Å²) in [5.41, 5.74) is 6.21. The van der Waals surface area contributed by atoms with Crippen molar-refractivity contribution in [3.63, 3.8) is 0 Å². The molecular formula is C12H18N2OS. The van der Waals surface area contributed by atoms with Crippen molar-refractivity contribution in [2.45, 2.75) is 31.1 Å². The second-order valence-electron chi connectivity index (χ2n) is 4.80. The fraction of sp³-hybridized carbons (Fsp3) is 0.667. The first-order valence-electron chi connectivity index (χ1n) is 5.98. The minimum absolute atomic E-state index is 0.164. The molecule has 3 heterocycles. The van der Waals surface area contributed by atoms with E-state index in [-0.39, 0.29) is 6.04 Å². The molecule has 2 fully saturated rings. The monoisotopic (exact) mass is 238 g/mol. The van der Waals surface area contributed by atoms with Crippen LogP contribution < -0.4 is 5.73 Å². The molecule has 2 saturated heterocycles. The van der Waals surface area contributed by atoms with Crippen molar-refractivity contribution in [2.75, 3.05) is 19.6 Å². The molecule has 3 unspecified atom stereocenters. The quantitative estimate of drug-likeness (QED) is 0.869. The number of morpholine rings is 1. The van der Waals surface area contributed by atoms with E-state index < -0.39 is 0 Å². The number of hydrogen-bond acceptors (Lipinski definition) is 4. The van der Waals surface area contributed by atoms with Gasteiger partial charge in [-0.3, -0.25) is 4.90 Å². The molecule has 0 amide bonds. The number of rotatable bonds is 3. The number of thiophene rings is 1. The van der Waals surface area contributed by atoms with Crippen LogP contribution in [0.4, 0.5) is 0 Å². The zero-order valence-corrected chi connectivity index (χ0v) is 10.2. The molecule has 2 N–H and O–H groups in total. The Morgan fingerprint density at radius 3 is 2.81 bits per heavy atom. The highest BCUT2D eigenvalue weighted by molar-refractivity contribution is 7.10. The molecule has 1 aromatic rings. The van der Waals surface area contributed by atoms with E-state index >= 15 is 0 Å². The maximum atomic E-state index is 6.21. The van der Waals surface area contributed by atoms with Crippen LogP contribution in [0, 0.1) is 0 Å². The molecule has 2 aliphatic rings. The number of nitrogens with two attached hydrogens (primary N) is 1. The van der Waals surface area contributed by atoms with Gasteiger partial charge in [-0.1, -0.05) is 6.07 Å². The molecule has 3 nitrogen and oxygen atoms in total. The van der Waals surface area contributed by atoms with Crippen LogP contribution in [-0.4, -0.2) is 36.7 Å². The molecule has 1 aromatic heterocycles. The van der Waals surface area contributed by atoms with Gasteiger partial charge in [-0.15, -0.1) is 11.3 Å². The fourth-order valence-electron chi connectivity index (χ4n) is 2.72. The molecule has 0 saturated carbocycles. The molecule has 0 spiro atoms. The second kappa shape index (κ2) is 4.45. The zero-order chi connectivity index (χ0) is 11.0. The van der Waals surface area contributed by atoms with Crippen LogP contribution in [0.15, 0.2) is 17.5 Å². The van der Waals surface area contributed by atoms with Crippen LogP contribution in [0.1, 0.15) is 23.8 Å². The lowest BCUT2D eigenvalue weighted by Crippen LogP contribution is -2.45. The van der Waals surface area contributed by atoms with E-state index in [1.165, 1.54) is 17.7 Å². The molecule has 0 aromatic carbocycles. The number of fused-ring (bicyclic) bond motifs is 2. The van der Waals surface area contributed by atoms with E-state index in [0.29, 0.717) is 12.2 Å². The van der Waals surface area contributed by atoms with Crippen LogP contribution in [0.25, 0.3) is 0 Å². The summed E-state index contributed by atoms with van der Waals surface area (Å²) >= 11 is 1.75. The maximum absolute atomic E-state index is 6.21. The SMILES string of the molecule is NC(CN1CC2CCC(C1)O2)c1cccs1. The first-order chi connectivity index (χ1) is 7.81. The summed E-state index contributed by atoms with van der Waals surface area (Å²) in [6.07, 6.45) is 3.40. The molecule has 4 heteroatoms. The average molecular weight is 238 g/mol. The van der Waals surface area contributed by atoms with Gasteiger partial charge in [0.2, 0.25) is 0 Å². The topological polar surface area (TPSA) is 38.5 Å². The summed E-state index contributed by atoms with van der Waals surface area (Å²) in [4.78, 5) is 3.76. The molecule has 16 heavy (non-hydrogen) atoms. The Balaban J connectivity index is 1.59. The van der Waals surface area contributed by atoms with Gasteiger partial charge in [-0.05, 0) is 24.3 Å². The van der Waals surface area contributed by atoms with Crippen molar-refractivity contribution < 1.29 is 4.74 Å². The predicted octanol–water partition coefficient (Wildman–Crippen LogP) is 1.61. The van der Waals surface area contributed by atoms with E-state index in [4.69, 9.17) is 10.5 Å². The third kappa shape index (κ3) is 2.15. The van der Waals surface area contributed by atoms with Crippen LogP contribution >= 0.6 is 11.3 Å². The Morgan fingerprint density at radius 1 is 1.44 bits per heavy atom. The van der Waals surface area contributed by atoms with E-state index in [2.05, 4.69) is 22.4 Å². The fourth-order valence-corrected chi connectivity index (χ4v) is 3.44. The summed E-state index contributed by atoms with van der Waals surface area (Å²) in [5.74, 6) is 0. The predicted molar refractivity (Wildman–Crippen MR) is 65.6 cm³/mol. The lowest BCUT2D eigenvalue weighted by molar-refractivity contribution is -0.0396. The lowest BCUT2D eigenvalue weighted by atomic mass is 10.2. The molecule has 0 radical (unpaired) electrons. The number of hydrogen-bond donors (Lipinski definition) is 1. The molecule has 2 bridgehead atoms. The van der Waals surface area contributed by atoms with Crippen molar-refractivity contribution in [3.8, 4) is 0 Å². The molecule has 3 atom stereocenters. The van der Waals surface area contributed by atoms with E-state index in [1.54, 1.807) is 11.3 Å². The second-order valence-corrected chi connectivity index (χ2v) is 5.78. The molecule has 0 aliphatic carbocycles. The smallest absolute Gasteiger partial charge is 0.0707 e. The van der Waals surface area contributed by atoms with Crippen molar-refractivity contribution in [1.82, 2.24) is 4.90 Å². The first-order valence-corrected chi connectivity index (χ1v) is 6.86. The molecular weight excluding hydrogens is 220 g/mol. The normalized spacial score (nSPS) is 31.8. The van der Waals surface area contributed by atoms with Crippen molar-refractivity contribution in [3.05, 3.63) is 22.4 Å². The summed E-state index contributed by atoms with van der Waals surface area (Å²) in [5, 5.41) is 2.10. The average Bonchev–Trinajstić information content (AvgIpc) is 2.88. The first kappa shape index (κ1) is 10.7. The third-order valence-electron chi connectivity index (χ3n) is 3.48. The van der Waals surface area contributed by atoms with E-state index in [9.17, 15) is 0 Å². The van der Waals surface area contributed by atoms with Gasteiger partial charge in [0.05, 0.1) is 18.2 Å². The Bertz CT molecular complexity index is 329. The standard InChI is InChI=1S/C12H18N2OS/c13-11(12-2-1-5-16-12)8-14-6-9-3-4-10(7-14)15-9/h1-2,5,9-11H,3-4,6-8,13H2. The van der Waals surface area contributed by atoms with Crippen molar-refractivity contribution >= 4 is 11.3 Å². The highest BCUT2D eigenvalue weighted by Gasteiger charge is 2.34. The van der Waals surface area contributed by atoms with Gasteiger partial charge in [0.1, 0.15) is 0 Å². The Kier molecular flexibility index (Phi) is 2.98. The maximum Gasteiger partial charge on any atom is 0.0707 e.